The third kappa shape index (κ3) is 3.30. The number of rotatable bonds is 4. The molecule has 1 heterocycles. The predicted octanol–water partition coefficient (Wildman–Crippen LogP) is 3.76. The molecule has 0 saturated carbocycles. The summed E-state index contributed by atoms with van der Waals surface area (Å²) in [6.07, 6.45) is 1.32. The zero-order chi connectivity index (χ0) is 17.9. The fourth-order valence-corrected chi connectivity index (χ4v) is 2.38. The first-order chi connectivity index (χ1) is 11.4. The van der Waals surface area contributed by atoms with Crippen LogP contribution in [-0.4, -0.2) is 17.9 Å². The van der Waals surface area contributed by atoms with Crippen LogP contribution >= 0.6 is 0 Å². The number of hydrogen-bond donors (Lipinski definition) is 0. The van der Waals surface area contributed by atoms with Crippen molar-refractivity contribution in [3.8, 4) is 11.9 Å². The van der Waals surface area contributed by atoms with Crippen molar-refractivity contribution in [3.63, 3.8) is 0 Å². The summed E-state index contributed by atoms with van der Waals surface area (Å²) >= 11 is 0. The lowest BCUT2D eigenvalue weighted by Crippen LogP contribution is -2.02. The summed E-state index contributed by atoms with van der Waals surface area (Å²) in [6.45, 7) is 2.96. The number of carbonyl (C=O) groups is 1. The highest BCUT2D eigenvalue weighted by Gasteiger charge is 2.16. The van der Waals surface area contributed by atoms with E-state index in [4.69, 9.17) is 10.00 Å². The van der Waals surface area contributed by atoms with Gasteiger partial charge in [-0.3, -0.25) is 4.79 Å². The normalized spacial score (nSPS) is 11.5. The Morgan fingerprint density at radius 1 is 1.17 bits per heavy atom. The summed E-state index contributed by atoms with van der Waals surface area (Å²) in [5.74, 6) is -1.88. The first-order valence-corrected chi connectivity index (χ1v) is 7.00. The molecule has 24 heavy (non-hydrogen) atoms. The number of pyridine rings is 1. The van der Waals surface area contributed by atoms with Crippen LogP contribution in [0.15, 0.2) is 30.5 Å². The average molecular weight is 328 g/mol. The Morgan fingerprint density at radius 3 is 2.33 bits per heavy atom. The molecule has 6 heteroatoms. The van der Waals surface area contributed by atoms with Crippen LogP contribution in [0.5, 0.6) is 5.88 Å². The van der Waals surface area contributed by atoms with Crippen molar-refractivity contribution in [2.75, 3.05) is 7.11 Å². The van der Waals surface area contributed by atoms with Gasteiger partial charge in [-0.05, 0) is 43.2 Å². The van der Waals surface area contributed by atoms with Gasteiger partial charge in [0.1, 0.15) is 11.9 Å². The van der Waals surface area contributed by atoms with Crippen LogP contribution in [0.4, 0.5) is 8.78 Å². The van der Waals surface area contributed by atoms with Crippen LogP contribution in [0.3, 0.4) is 0 Å². The first kappa shape index (κ1) is 17.3. The molecule has 4 nitrogen and oxygen atoms in total. The van der Waals surface area contributed by atoms with Crippen molar-refractivity contribution in [3.05, 3.63) is 58.8 Å². The Kier molecular flexibility index (Phi) is 5.05. The summed E-state index contributed by atoms with van der Waals surface area (Å²) in [5.41, 5.74) is 1.27. The largest absolute Gasteiger partial charge is 0.479 e. The van der Waals surface area contributed by atoms with E-state index >= 15 is 0 Å². The lowest BCUT2D eigenvalue weighted by molar-refractivity contribution is -0.111. The Bertz CT molecular complexity index is 883. The summed E-state index contributed by atoms with van der Waals surface area (Å²) in [4.78, 5) is 15.9. The van der Waals surface area contributed by atoms with E-state index in [9.17, 15) is 13.6 Å². The Hall–Kier alpha value is -3.07. The predicted molar refractivity (Wildman–Crippen MR) is 85.0 cm³/mol. The molecule has 0 radical (unpaired) electrons. The van der Waals surface area contributed by atoms with Crippen molar-refractivity contribution in [2.24, 2.45) is 0 Å². The number of halogens is 2. The zero-order valence-corrected chi connectivity index (χ0v) is 13.4. The average Bonchev–Trinajstić information content (AvgIpc) is 2.54. The molecule has 0 aliphatic rings. The van der Waals surface area contributed by atoms with Gasteiger partial charge in [-0.15, -0.1) is 0 Å². The van der Waals surface area contributed by atoms with Gasteiger partial charge < -0.3 is 4.74 Å². The third-order valence-corrected chi connectivity index (χ3v) is 3.54. The van der Waals surface area contributed by atoms with E-state index < -0.39 is 11.6 Å². The zero-order valence-electron chi connectivity index (χ0n) is 13.4. The second-order valence-corrected chi connectivity index (χ2v) is 5.08. The number of aromatic nitrogens is 1. The lowest BCUT2D eigenvalue weighted by Gasteiger charge is -2.11. The SMILES string of the molecule is COc1ncc(C(C(C)=O)=C(C)c2ccc(C#N)c(F)c2)cc1F. The monoisotopic (exact) mass is 328 g/mol. The molecule has 0 N–H and O–H groups in total. The van der Waals surface area contributed by atoms with Crippen LogP contribution in [0, 0.1) is 23.0 Å². The number of nitriles is 1. The highest BCUT2D eigenvalue weighted by Crippen LogP contribution is 2.29. The van der Waals surface area contributed by atoms with E-state index in [1.807, 2.05) is 0 Å². The molecule has 2 rings (SSSR count). The molecule has 0 amide bonds. The van der Waals surface area contributed by atoms with Crippen molar-refractivity contribution in [1.82, 2.24) is 4.98 Å². The second-order valence-electron chi connectivity index (χ2n) is 5.08. The molecule has 0 fully saturated rings. The molecule has 1 aromatic carbocycles. The quantitative estimate of drug-likeness (QED) is 0.802. The molecule has 0 unspecified atom stereocenters. The van der Waals surface area contributed by atoms with Gasteiger partial charge in [0.15, 0.2) is 11.6 Å². The van der Waals surface area contributed by atoms with Gasteiger partial charge in [0.25, 0.3) is 0 Å². The Balaban J connectivity index is 2.63. The van der Waals surface area contributed by atoms with Gasteiger partial charge in [0, 0.05) is 17.3 Å². The Morgan fingerprint density at radius 2 is 1.83 bits per heavy atom. The first-order valence-electron chi connectivity index (χ1n) is 7.00. The molecular weight excluding hydrogens is 314 g/mol. The molecule has 0 bridgehead atoms. The molecule has 122 valence electrons. The maximum absolute atomic E-state index is 13.9. The molecular formula is C18H14F2N2O2. The van der Waals surface area contributed by atoms with Gasteiger partial charge in [0.2, 0.25) is 5.88 Å². The summed E-state index contributed by atoms with van der Waals surface area (Å²) in [6, 6.07) is 6.92. The maximum atomic E-state index is 13.9. The van der Waals surface area contributed by atoms with Crippen LogP contribution < -0.4 is 4.74 Å². The topological polar surface area (TPSA) is 63.0 Å². The number of hydrogen-bond acceptors (Lipinski definition) is 4. The number of carbonyl (C=O) groups excluding carboxylic acids is 1. The summed E-state index contributed by atoms with van der Waals surface area (Å²) < 4.78 is 32.5. The van der Waals surface area contributed by atoms with Crippen molar-refractivity contribution < 1.29 is 18.3 Å². The number of allylic oxidation sites excluding steroid dienone is 2. The van der Waals surface area contributed by atoms with Gasteiger partial charge in [-0.25, -0.2) is 13.8 Å². The van der Waals surface area contributed by atoms with E-state index in [2.05, 4.69) is 4.98 Å². The molecule has 1 aromatic heterocycles. The number of Topliss-reactive ketones (excluding diaryl/α,β-unsaturated/α-hetero) is 1. The van der Waals surface area contributed by atoms with E-state index in [-0.39, 0.29) is 28.4 Å². The van der Waals surface area contributed by atoms with E-state index in [0.717, 1.165) is 6.07 Å². The molecule has 0 aliphatic carbocycles. The highest BCUT2D eigenvalue weighted by atomic mass is 19.1. The minimum absolute atomic E-state index is 0.0897. The van der Waals surface area contributed by atoms with Gasteiger partial charge in [-0.1, -0.05) is 6.07 Å². The van der Waals surface area contributed by atoms with Crippen LogP contribution in [0.1, 0.15) is 30.5 Å². The minimum Gasteiger partial charge on any atom is -0.479 e. The molecule has 0 atom stereocenters. The maximum Gasteiger partial charge on any atom is 0.250 e. The number of ketones is 1. The lowest BCUT2D eigenvalue weighted by atomic mass is 9.93. The molecule has 0 aliphatic heterocycles. The van der Waals surface area contributed by atoms with Gasteiger partial charge in [0.05, 0.1) is 12.7 Å². The summed E-state index contributed by atoms with van der Waals surface area (Å²) in [7, 11) is 1.29. The minimum atomic E-state index is -0.701. The molecule has 0 spiro atoms. The van der Waals surface area contributed by atoms with Crippen molar-refractivity contribution >= 4 is 16.9 Å². The number of benzene rings is 1. The molecule has 0 saturated heterocycles. The standard InChI is InChI=1S/C18H14F2N2O2/c1-10(12-4-5-13(8-21)15(19)6-12)17(11(2)23)14-7-16(20)18(24-3)22-9-14/h4-7,9H,1-3H3. The van der Waals surface area contributed by atoms with Crippen molar-refractivity contribution in [2.45, 2.75) is 13.8 Å². The second kappa shape index (κ2) is 7.01. The van der Waals surface area contributed by atoms with Crippen LogP contribution in [-0.2, 0) is 4.79 Å². The fourth-order valence-electron chi connectivity index (χ4n) is 2.38. The number of methoxy groups -OCH3 is 1. The van der Waals surface area contributed by atoms with Crippen molar-refractivity contribution in [1.29, 1.82) is 5.26 Å². The molecule has 2 aromatic rings. The van der Waals surface area contributed by atoms with Crippen LogP contribution in [0.2, 0.25) is 0 Å². The van der Waals surface area contributed by atoms with E-state index in [1.165, 1.54) is 38.4 Å². The number of ether oxygens (including phenoxy) is 1. The summed E-state index contributed by atoms with van der Waals surface area (Å²) in [5, 5.41) is 8.79. The Labute approximate surface area is 138 Å². The van der Waals surface area contributed by atoms with Gasteiger partial charge in [-0.2, -0.15) is 5.26 Å². The highest BCUT2D eigenvalue weighted by molar-refractivity contribution is 6.26. The smallest absolute Gasteiger partial charge is 0.250 e. The third-order valence-electron chi connectivity index (χ3n) is 3.54. The fraction of sp³-hybridized carbons (Fsp3) is 0.167. The van der Waals surface area contributed by atoms with E-state index in [0.29, 0.717) is 11.1 Å². The van der Waals surface area contributed by atoms with Crippen LogP contribution in [0.25, 0.3) is 11.1 Å². The van der Waals surface area contributed by atoms with E-state index in [1.54, 1.807) is 13.0 Å². The number of nitrogens with zero attached hydrogens (tertiary/aromatic N) is 2. The van der Waals surface area contributed by atoms with Gasteiger partial charge >= 0.3 is 0 Å².